The van der Waals surface area contributed by atoms with E-state index in [9.17, 15) is 15.0 Å². The molecule has 1 aliphatic rings. The maximum absolute atomic E-state index is 12.5. The minimum Gasteiger partial charge on any atom is -0.507 e. The van der Waals surface area contributed by atoms with Gasteiger partial charge in [-0.15, -0.1) is 0 Å². The van der Waals surface area contributed by atoms with Crippen LogP contribution in [0.1, 0.15) is 35.4 Å². The number of rotatable bonds is 4. The Bertz CT molecular complexity index is 817. The van der Waals surface area contributed by atoms with Crippen LogP contribution in [0.2, 0.25) is 0 Å². The van der Waals surface area contributed by atoms with Crippen LogP contribution in [0.3, 0.4) is 0 Å². The number of carbonyl (C=O) groups excluding carboxylic acids is 1. The molecule has 0 saturated heterocycles. The molecule has 0 radical (unpaired) electrons. The molecule has 1 aliphatic heterocycles. The summed E-state index contributed by atoms with van der Waals surface area (Å²) in [5.41, 5.74) is 0.778. The highest BCUT2D eigenvalue weighted by atomic mass is 79.9. The summed E-state index contributed by atoms with van der Waals surface area (Å²) >= 11 is 3.26. The number of alkyl halides is 1. The summed E-state index contributed by atoms with van der Waals surface area (Å²) in [6, 6.07) is 7.79. The molecule has 0 aromatic heterocycles. The van der Waals surface area contributed by atoms with Crippen molar-refractivity contribution in [2.45, 2.75) is 24.5 Å². The van der Waals surface area contributed by atoms with Crippen molar-refractivity contribution in [2.75, 3.05) is 7.11 Å². The number of Topliss-reactive ketones (excluding diaryl/α,β-unsaturated/α-hetero) is 1. The molecule has 25 heavy (non-hydrogen) atoms. The molecule has 2 aromatic rings. The molecule has 7 heteroatoms. The quantitative estimate of drug-likeness (QED) is 0.745. The molecule has 2 aromatic carbocycles. The van der Waals surface area contributed by atoms with Gasteiger partial charge in [-0.05, 0) is 40.5 Å². The van der Waals surface area contributed by atoms with Crippen LogP contribution >= 0.6 is 15.9 Å². The average Bonchev–Trinajstić information content (AvgIpc) is 2.53. The second-order valence-electron chi connectivity index (χ2n) is 5.64. The van der Waals surface area contributed by atoms with Gasteiger partial charge in [-0.3, -0.25) is 4.79 Å². The first-order chi connectivity index (χ1) is 11.9. The molecule has 1 heterocycles. The van der Waals surface area contributed by atoms with E-state index < -0.39 is 6.10 Å². The first-order valence-electron chi connectivity index (χ1n) is 7.63. The molecular formula is C18H17BrO6. The van der Waals surface area contributed by atoms with E-state index in [0.29, 0.717) is 17.1 Å². The number of ether oxygens (including phenoxy) is 3. The lowest BCUT2D eigenvalue weighted by Crippen LogP contribution is -2.20. The Morgan fingerprint density at radius 2 is 2.00 bits per heavy atom. The largest absolute Gasteiger partial charge is 0.507 e. The fourth-order valence-corrected chi connectivity index (χ4v) is 2.98. The number of phenolic OH excluding ortho intramolecular Hbond substituents is 2. The molecule has 3 rings (SSSR count). The minimum absolute atomic E-state index is 0.0325. The van der Waals surface area contributed by atoms with Crippen molar-refractivity contribution in [1.82, 2.24) is 0 Å². The standard InChI is InChI=1S/C18H17BrO6/c1-9(19)24-11-6-13(21)18-14(22)8-16(25-17(18)7-11)10-3-4-15(23-2)12(20)5-10/h3-7,9,16,20-21H,8H2,1-2H3. The lowest BCUT2D eigenvalue weighted by atomic mass is 9.95. The van der Waals surface area contributed by atoms with E-state index in [4.69, 9.17) is 14.2 Å². The Kier molecular flexibility index (Phi) is 4.76. The van der Waals surface area contributed by atoms with E-state index in [0.717, 1.165) is 0 Å². The van der Waals surface area contributed by atoms with Crippen LogP contribution in [0.5, 0.6) is 28.7 Å². The van der Waals surface area contributed by atoms with E-state index in [1.165, 1.54) is 19.2 Å². The number of fused-ring (bicyclic) bond motifs is 1. The van der Waals surface area contributed by atoms with Gasteiger partial charge in [0.1, 0.15) is 28.9 Å². The first-order valence-corrected chi connectivity index (χ1v) is 8.55. The SMILES string of the molecule is COc1ccc(C2CC(=O)c3c(O)cc(OC(C)Br)cc3O2)cc1O. The molecule has 0 saturated carbocycles. The number of ketones is 1. The summed E-state index contributed by atoms with van der Waals surface area (Å²) in [5.74, 6) is 0.520. The molecular weight excluding hydrogens is 392 g/mol. The van der Waals surface area contributed by atoms with E-state index >= 15 is 0 Å². The zero-order valence-corrected chi connectivity index (χ0v) is 15.2. The minimum atomic E-state index is -0.576. The van der Waals surface area contributed by atoms with Gasteiger partial charge in [-0.2, -0.15) is 0 Å². The van der Waals surface area contributed by atoms with Crippen LogP contribution in [-0.2, 0) is 0 Å². The number of carbonyl (C=O) groups is 1. The number of halogens is 1. The molecule has 2 unspecified atom stereocenters. The van der Waals surface area contributed by atoms with Gasteiger partial charge in [0.25, 0.3) is 0 Å². The van der Waals surface area contributed by atoms with Crippen LogP contribution in [0.25, 0.3) is 0 Å². The topological polar surface area (TPSA) is 85.2 Å². The number of hydrogen-bond donors (Lipinski definition) is 2. The Morgan fingerprint density at radius 3 is 2.64 bits per heavy atom. The molecule has 0 aliphatic carbocycles. The van der Waals surface area contributed by atoms with Crippen molar-refractivity contribution in [3.8, 4) is 28.7 Å². The Labute approximate surface area is 153 Å². The van der Waals surface area contributed by atoms with Crippen molar-refractivity contribution in [3.05, 3.63) is 41.5 Å². The predicted molar refractivity (Wildman–Crippen MR) is 94.1 cm³/mol. The summed E-state index contributed by atoms with van der Waals surface area (Å²) in [6.45, 7) is 1.78. The Hall–Kier alpha value is -2.41. The number of aromatic hydroxyl groups is 2. The first kappa shape index (κ1) is 17.4. The molecule has 0 amide bonds. The molecule has 0 fully saturated rings. The summed E-state index contributed by atoms with van der Waals surface area (Å²) in [6.07, 6.45) is -0.519. The zero-order valence-electron chi connectivity index (χ0n) is 13.7. The van der Waals surface area contributed by atoms with E-state index in [1.54, 1.807) is 25.1 Å². The number of methoxy groups -OCH3 is 1. The van der Waals surface area contributed by atoms with Crippen LogP contribution in [0.15, 0.2) is 30.3 Å². The summed E-state index contributed by atoms with van der Waals surface area (Å²) in [5, 5.41) is 19.8. The summed E-state index contributed by atoms with van der Waals surface area (Å²) in [7, 11) is 1.46. The third kappa shape index (κ3) is 3.51. The highest BCUT2D eigenvalue weighted by Crippen LogP contribution is 2.43. The van der Waals surface area contributed by atoms with E-state index in [1.807, 2.05) is 0 Å². The zero-order chi connectivity index (χ0) is 18.1. The van der Waals surface area contributed by atoms with Gasteiger partial charge >= 0.3 is 0 Å². The predicted octanol–water partition coefficient (Wildman–Crippen LogP) is 3.93. The van der Waals surface area contributed by atoms with Crippen LogP contribution in [-0.4, -0.2) is 28.1 Å². The van der Waals surface area contributed by atoms with Crippen LogP contribution in [0.4, 0.5) is 0 Å². The van der Waals surface area contributed by atoms with Crippen molar-refractivity contribution in [3.63, 3.8) is 0 Å². The summed E-state index contributed by atoms with van der Waals surface area (Å²) < 4.78 is 16.4. The maximum Gasteiger partial charge on any atom is 0.174 e. The molecule has 2 atom stereocenters. The fraction of sp³-hybridized carbons (Fsp3) is 0.278. The Balaban J connectivity index is 1.95. The molecule has 6 nitrogen and oxygen atoms in total. The van der Waals surface area contributed by atoms with Gasteiger partial charge in [0, 0.05) is 12.1 Å². The number of benzene rings is 2. The third-order valence-electron chi connectivity index (χ3n) is 3.85. The van der Waals surface area contributed by atoms with E-state index in [2.05, 4.69) is 15.9 Å². The normalized spacial score (nSPS) is 17.4. The molecule has 132 valence electrons. The van der Waals surface area contributed by atoms with Gasteiger partial charge in [0.05, 0.1) is 13.5 Å². The van der Waals surface area contributed by atoms with Gasteiger partial charge < -0.3 is 24.4 Å². The van der Waals surface area contributed by atoms with Crippen molar-refractivity contribution in [1.29, 1.82) is 0 Å². The average molecular weight is 409 g/mol. The number of hydrogen-bond acceptors (Lipinski definition) is 6. The monoisotopic (exact) mass is 408 g/mol. The van der Waals surface area contributed by atoms with Crippen molar-refractivity contribution >= 4 is 21.7 Å². The van der Waals surface area contributed by atoms with Crippen LogP contribution in [0, 0.1) is 0 Å². The molecule has 2 N–H and O–H groups in total. The lowest BCUT2D eigenvalue weighted by Gasteiger charge is -2.27. The second kappa shape index (κ2) is 6.84. The number of phenols is 2. The maximum atomic E-state index is 12.5. The third-order valence-corrected chi connectivity index (χ3v) is 4.03. The highest BCUT2D eigenvalue weighted by Gasteiger charge is 2.31. The van der Waals surface area contributed by atoms with Gasteiger partial charge in [0.15, 0.2) is 22.3 Å². The highest BCUT2D eigenvalue weighted by molar-refractivity contribution is 9.09. The Morgan fingerprint density at radius 1 is 1.24 bits per heavy atom. The second-order valence-corrected chi connectivity index (χ2v) is 6.93. The van der Waals surface area contributed by atoms with Gasteiger partial charge in [-0.25, -0.2) is 0 Å². The smallest absolute Gasteiger partial charge is 0.174 e. The van der Waals surface area contributed by atoms with E-state index in [-0.39, 0.29) is 40.0 Å². The van der Waals surface area contributed by atoms with Gasteiger partial charge in [0.2, 0.25) is 0 Å². The van der Waals surface area contributed by atoms with Gasteiger partial charge in [-0.1, -0.05) is 6.07 Å². The summed E-state index contributed by atoms with van der Waals surface area (Å²) in [4.78, 5) is 12.5. The molecule has 0 bridgehead atoms. The molecule has 0 spiro atoms. The van der Waals surface area contributed by atoms with Crippen LogP contribution < -0.4 is 14.2 Å². The lowest BCUT2D eigenvalue weighted by molar-refractivity contribution is 0.0844. The van der Waals surface area contributed by atoms with Crippen molar-refractivity contribution < 1.29 is 29.2 Å². The van der Waals surface area contributed by atoms with Crippen molar-refractivity contribution in [2.24, 2.45) is 0 Å². The fourth-order valence-electron chi connectivity index (χ4n) is 2.76.